The number of aromatic nitrogens is 2. The van der Waals surface area contributed by atoms with Crippen LogP contribution in [0, 0.1) is 12.8 Å². The quantitative estimate of drug-likeness (QED) is 0.132. The average molecular weight is 920 g/mol. The third-order valence-corrected chi connectivity index (χ3v) is 16.6. The van der Waals surface area contributed by atoms with E-state index in [0.717, 1.165) is 39.9 Å². The Balaban J connectivity index is 0.917. The zero-order chi connectivity index (χ0) is 44.9. The molecule has 338 valence electrons. The van der Waals surface area contributed by atoms with Gasteiger partial charge in [0, 0.05) is 43.3 Å². The van der Waals surface area contributed by atoms with Gasteiger partial charge in [0.15, 0.2) is 5.58 Å². The minimum atomic E-state index is -4.72. The number of benzene rings is 3. The Labute approximate surface area is 374 Å². The molecule has 2 N–H and O–H groups in total. The van der Waals surface area contributed by atoms with E-state index >= 15 is 13.2 Å². The van der Waals surface area contributed by atoms with Crippen LogP contribution in [0.25, 0.3) is 33.7 Å². The molecule has 17 heteroatoms. The van der Waals surface area contributed by atoms with Gasteiger partial charge in [-0.1, -0.05) is 41.9 Å². The second-order valence-corrected chi connectivity index (χ2v) is 20.9. The summed E-state index contributed by atoms with van der Waals surface area (Å²) < 4.78 is 90.4. The van der Waals surface area contributed by atoms with Gasteiger partial charge in [-0.25, -0.2) is 13.4 Å². The van der Waals surface area contributed by atoms with E-state index in [2.05, 4.69) is 14.6 Å². The van der Waals surface area contributed by atoms with Crippen LogP contribution in [0.4, 0.5) is 13.2 Å². The van der Waals surface area contributed by atoms with Gasteiger partial charge in [0.2, 0.25) is 33.6 Å². The van der Waals surface area contributed by atoms with E-state index in [1.165, 1.54) is 0 Å². The van der Waals surface area contributed by atoms with Crippen molar-refractivity contribution in [2.24, 2.45) is 5.92 Å². The number of hydrogen-bond donors (Lipinski definition) is 2. The molecule has 0 spiro atoms. The third-order valence-electron chi connectivity index (χ3n) is 14.1. The van der Waals surface area contributed by atoms with Crippen molar-refractivity contribution in [2.45, 2.75) is 101 Å². The SMILES string of the molecule is COc1nc(O[C@H]2CCc3c(-c4cccc(-c5nc6cc7c(c(C(F)(F)F)c6o5)CC[C@H]7N5CC[C@@H](C(=O)NS(=O)(=O)C6(C)CC6)C5)c4C)cccc32)c(Cl)cc1CN1CC[C@@H](O)C1. The van der Waals surface area contributed by atoms with Crippen LogP contribution in [0.3, 0.4) is 0 Å². The summed E-state index contributed by atoms with van der Waals surface area (Å²) in [6.07, 6.45) is -1.34. The maximum atomic E-state index is 15.1. The first-order valence-electron chi connectivity index (χ1n) is 21.9. The van der Waals surface area contributed by atoms with Crippen LogP contribution < -0.4 is 14.2 Å². The first kappa shape index (κ1) is 43.2. The van der Waals surface area contributed by atoms with Crippen LogP contribution in [0.5, 0.6) is 11.8 Å². The molecule has 3 aromatic carbocycles. The lowest BCUT2D eigenvalue weighted by Crippen LogP contribution is -2.42. The fourth-order valence-corrected chi connectivity index (χ4v) is 11.9. The summed E-state index contributed by atoms with van der Waals surface area (Å²) >= 11 is 6.76. The normalized spacial score (nSPS) is 23.1. The molecule has 2 saturated heterocycles. The van der Waals surface area contributed by atoms with Crippen molar-refractivity contribution in [3.8, 4) is 34.3 Å². The number of alkyl halides is 3. The lowest BCUT2D eigenvalue weighted by Gasteiger charge is -2.25. The summed E-state index contributed by atoms with van der Waals surface area (Å²) in [4.78, 5) is 26.6. The van der Waals surface area contributed by atoms with E-state index in [4.69, 9.17) is 30.5 Å². The number of β-amino-alcohol motifs (C(OH)–C–C–N with tert-alkyl or cyclic N) is 1. The number of sulfonamides is 1. The maximum absolute atomic E-state index is 15.1. The molecule has 0 unspecified atom stereocenters. The Bertz CT molecular complexity index is 2810. The molecule has 3 fully saturated rings. The van der Waals surface area contributed by atoms with Crippen LogP contribution in [0.2, 0.25) is 5.02 Å². The number of methoxy groups -OCH3 is 1. The molecule has 4 heterocycles. The molecule has 0 radical (unpaired) electrons. The molecule has 0 bridgehead atoms. The molecular weight excluding hydrogens is 871 g/mol. The largest absolute Gasteiger partial charge is 0.481 e. The number of halogens is 4. The minimum Gasteiger partial charge on any atom is -0.481 e. The van der Waals surface area contributed by atoms with Gasteiger partial charge < -0.3 is 19.0 Å². The zero-order valence-corrected chi connectivity index (χ0v) is 37.3. The van der Waals surface area contributed by atoms with Crippen molar-refractivity contribution in [2.75, 3.05) is 33.3 Å². The number of hydrogen-bond acceptors (Lipinski definition) is 11. The van der Waals surface area contributed by atoms with E-state index in [-0.39, 0.29) is 53.6 Å². The van der Waals surface area contributed by atoms with E-state index < -0.39 is 44.4 Å². The number of nitrogens with zero attached hydrogens (tertiary/aromatic N) is 4. The molecule has 4 atom stereocenters. The number of aliphatic hydroxyl groups excluding tert-OH is 1. The van der Waals surface area contributed by atoms with E-state index in [0.29, 0.717) is 86.6 Å². The van der Waals surface area contributed by atoms with Crippen LogP contribution in [0.1, 0.15) is 96.5 Å². The van der Waals surface area contributed by atoms with Gasteiger partial charge in [-0.15, -0.1) is 0 Å². The number of amides is 1. The first-order valence-corrected chi connectivity index (χ1v) is 23.7. The molecular formula is C47H49ClF3N5O7S. The van der Waals surface area contributed by atoms with Crippen molar-refractivity contribution < 1.29 is 45.4 Å². The number of likely N-dealkylation sites (tertiary alicyclic amines) is 2. The van der Waals surface area contributed by atoms with Gasteiger partial charge in [-0.3, -0.25) is 19.3 Å². The maximum Gasteiger partial charge on any atom is 0.420 e. The van der Waals surface area contributed by atoms with Crippen molar-refractivity contribution in [1.82, 2.24) is 24.5 Å². The molecule has 64 heavy (non-hydrogen) atoms. The van der Waals surface area contributed by atoms with Gasteiger partial charge >= 0.3 is 6.18 Å². The highest BCUT2D eigenvalue weighted by atomic mass is 35.5. The number of fused-ring (bicyclic) bond motifs is 3. The standard InChI is InChI=1S/C47H49ClF3N5O7S/c1-25-29(31-8-5-9-33-32(31)11-13-39(33)62-45-36(48)20-27(43(53-45)61-3)22-55-18-15-28(57)24-55)6-4-7-30(25)44-52-37-21-35-34(40(41(37)63-44)47(49,50)51)10-12-38(35)56-19-14-26(23-56)42(58)54-64(59,60)46(2)16-17-46/h4-9,20-21,26,28,38-39,57H,10-19,22-24H2,1-3H3,(H,54,58)/t26-,28-,38-,39+/m1/s1. The molecule has 1 saturated carbocycles. The monoisotopic (exact) mass is 919 g/mol. The molecule has 5 aromatic rings. The molecule has 5 aliphatic rings. The average Bonchev–Trinajstić information content (AvgIpc) is 3.86. The predicted molar refractivity (Wildman–Crippen MR) is 233 cm³/mol. The molecule has 12 nitrogen and oxygen atoms in total. The number of nitrogens with one attached hydrogen (secondary N) is 1. The molecule has 1 amide bonds. The third kappa shape index (κ3) is 7.62. The molecule has 2 aliphatic heterocycles. The van der Waals surface area contributed by atoms with Gasteiger partial charge in [-0.05, 0) is 129 Å². The van der Waals surface area contributed by atoms with E-state index in [1.807, 2.05) is 48.2 Å². The van der Waals surface area contributed by atoms with Gasteiger partial charge in [0.05, 0.1) is 23.9 Å². The lowest BCUT2D eigenvalue weighted by atomic mass is 9.91. The number of aliphatic hydroxyl groups is 1. The van der Waals surface area contributed by atoms with E-state index in [1.54, 1.807) is 26.2 Å². The smallest absolute Gasteiger partial charge is 0.420 e. The van der Waals surface area contributed by atoms with Crippen molar-refractivity contribution in [3.63, 3.8) is 0 Å². The van der Waals surface area contributed by atoms with Crippen LogP contribution in [-0.2, 0) is 40.4 Å². The van der Waals surface area contributed by atoms with Gasteiger partial charge in [0.25, 0.3) is 0 Å². The van der Waals surface area contributed by atoms with Crippen molar-refractivity contribution in [1.29, 1.82) is 0 Å². The number of oxazole rings is 1. The summed E-state index contributed by atoms with van der Waals surface area (Å²) in [5.41, 5.74) is 5.72. The molecule has 3 aliphatic carbocycles. The summed E-state index contributed by atoms with van der Waals surface area (Å²) in [5.74, 6) is -0.402. The Morgan fingerprint density at radius 2 is 1.72 bits per heavy atom. The summed E-state index contributed by atoms with van der Waals surface area (Å²) in [7, 11) is -2.25. The summed E-state index contributed by atoms with van der Waals surface area (Å²) in [6.45, 7) is 6.10. The molecule has 2 aromatic heterocycles. The topological polar surface area (TPSA) is 147 Å². The Morgan fingerprint density at radius 3 is 2.45 bits per heavy atom. The van der Waals surface area contributed by atoms with Crippen LogP contribution in [-0.4, -0.2) is 83.3 Å². The number of carbonyl (C=O) groups is 1. The molecule has 10 rings (SSSR count). The Hall–Kier alpha value is -4.74. The highest BCUT2D eigenvalue weighted by Gasteiger charge is 2.52. The van der Waals surface area contributed by atoms with Gasteiger partial charge in [0.1, 0.15) is 22.2 Å². The fraction of sp³-hybridized carbons (Fsp3) is 0.468. The Morgan fingerprint density at radius 1 is 0.969 bits per heavy atom. The number of rotatable bonds is 11. The van der Waals surface area contributed by atoms with Crippen LogP contribution >= 0.6 is 11.6 Å². The highest BCUT2D eigenvalue weighted by Crippen LogP contribution is 2.49. The predicted octanol–water partition coefficient (Wildman–Crippen LogP) is 8.49. The second kappa shape index (κ2) is 16.0. The van der Waals surface area contributed by atoms with Crippen LogP contribution in [0.15, 0.2) is 52.9 Å². The fourth-order valence-electron chi connectivity index (χ4n) is 10.3. The number of pyridine rings is 1. The zero-order valence-electron chi connectivity index (χ0n) is 35.7. The highest BCUT2D eigenvalue weighted by molar-refractivity contribution is 7.91. The van der Waals surface area contributed by atoms with Crippen molar-refractivity contribution in [3.05, 3.63) is 92.5 Å². The number of ether oxygens (including phenoxy) is 2. The van der Waals surface area contributed by atoms with Gasteiger partial charge in [-0.2, -0.15) is 18.2 Å². The minimum absolute atomic E-state index is 0.0800. The second-order valence-electron chi connectivity index (χ2n) is 18.3. The number of carbonyl (C=O) groups excluding carboxylic acids is 1. The Kier molecular flexibility index (Phi) is 10.8. The summed E-state index contributed by atoms with van der Waals surface area (Å²) in [6, 6.07) is 14.8. The van der Waals surface area contributed by atoms with E-state index in [9.17, 15) is 18.3 Å². The summed E-state index contributed by atoms with van der Waals surface area (Å²) in [5, 5.41) is 10.4. The lowest BCUT2D eigenvalue weighted by molar-refractivity contribution is -0.137. The first-order chi connectivity index (χ1) is 30.5. The van der Waals surface area contributed by atoms with Crippen molar-refractivity contribution >= 4 is 38.6 Å².